The van der Waals surface area contributed by atoms with Gasteiger partial charge in [0, 0.05) is 19.6 Å². The first-order valence-electron chi connectivity index (χ1n) is 6.29. The topological polar surface area (TPSA) is 104 Å². The molecule has 1 saturated heterocycles. The third-order valence-corrected chi connectivity index (χ3v) is 3.09. The minimum atomic E-state index is -0.460. The Morgan fingerprint density at radius 3 is 2.79 bits per heavy atom. The number of hydrogen-bond donors (Lipinski definition) is 2. The van der Waals surface area contributed by atoms with E-state index in [1.807, 2.05) is 11.8 Å². The van der Waals surface area contributed by atoms with Crippen molar-refractivity contribution in [3.8, 4) is 0 Å². The van der Waals surface area contributed by atoms with Crippen molar-refractivity contribution in [2.45, 2.75) is 25.9 Å². The maximum atomic E-state index is 11.2. The summed E-state index contributed by atoms with van der Waals surface area (Å²) in [5.41, 5.74) is -0.0965. The number of aliphatic hydroxyl groups is 1. The molecular formula is C11H17N5O3. The summed E-state index contributed by atoms with van der Waals surface area (Å²) in [6.07, 6.45) is 2.19. The number of aromatic nitrogens is 2. The third kappa shape index (κ3) is 2.90. The predicted molar refractivity (Wildman–Crippen MR) is 70.3 cm³/mol. The molecule has 0 amide bonds. The highest BCUT2D eigenvalue weighted by Gasteiger charge is 2.28. The van der Waals surface area contributed by atoms with Crippen molar-refractivity contribution in [1.82, 2.24) is 9.97 Å². The van der Waals surface area contributed by atoms with Crippen LogP contribution in [0.15, 0.2) is 6.33 Å². The number of nitrogens with zero attached hydrogens (tertiary/aromatic N) is 4. The van der Waals surface area contributed by atoms with Gasteiger partial charge < -0.3 is 15.3 Å². The summed E-state index contributed by atoms with van der Waals surface area (Å²) in [6.45, 7) is 3.52. The molecule has 19 heavy (non-hydrogen) atoms. The van der Waals surface area contributed by atoms with E-state index in [1.165, 1.54) is 6.33 Å². The Labute approximate surface area is 110 Å². The highest BCUT2D eigenvalue weighted by atomic mass is 16.6. The number of hydrogen-bond acceptors (Lipinski definition) is 7. The van der Waals surface area contributed by atoms with E-state index in [0.717, 1.165) is 0 Å². The lowest BCUT2D eigenvalue weighted by Gasteiger charge is -2.30. The van der Waals surface area contributed by atoms with Crippen molar-refractivity contribution >= 4 is 17.3 Å². The Hall–Kier alpha value is -1.96. The minimum Gasteiger partial charge on any atom is -0.393 e. The van der Waals surface area contributed by atoms with Crippen molar-refractivity contribution in [2.24, 2.45) is 0 Å². The third-order valence-electron chi connectivity index (χ3n) is 3.09. The lowest BCUT2D eigenvalue weighted by Crippen LogP contribution is -2.36. The van der Waals surface area contributed by atoms with Crippen molar-refractivity contribution in [3.63, 3.8) is 0 Å². The molecule has 0 aliphatic carbocycles. The van der Waals surface area contributed by atoms with Gasteiger partial charge in [-0.1, -0.05) is 0 Å². The lowest BCUT2D eigenvalue weighted by molar-refractivity contribution is -0.383. The average molecular weight is 267 g/mol. The lowest BCUT2D eigenvalue weighted by atomic mass is 10.1. The van der Waals surface area contributed by atoms with E-state index in [-0.39, 0.29) is 17.6 Å². The van der Waals surface area contributed by atoms with E-state index in [9.17, 15) is 15.2 Å². The van der Waals surface area contributed by atoms with Crippen molar-refractivity contribution < 1.29 is 10.0 Å². The summed E-state index contributed by atoms with van der Waals surface area (Å²) in [6, 6.07) is 0. The van der Waals surface area contributed by atoms with Gasteiger partial charge in [-0.2, -0.15) is 0 Å². The van der Waals surface area contributed by atoms with Crippen LogP contribution in [0.1, 0.15) is 19.8 Å². The Morgan fingerprint density at radius 2 is 2.21 bits per heavy atom. The molecule has 1 aliphatic rings. The maximum Gasteiger partial charge on any atom is 0.353 e. The van der Waals surface area contributed by atoms with Crippen LogP contribution in [0, 0.1) is 10.1 Å². The number of aliphatic hydroxyl groups excluding tert-OH is 1. The summed E-state index contributed by atoms with van der Waals surface area (Å²) in [7, 11) is 0. The molecule has 8 heteroatoms. The Kier molecular flexibility index (Phi) is 4.10. The van der Waals surface area contributed by atoms with Crippen LogP contribution in [0.3, 0.4) is 0 Å². The minimum absolute atomic E-state index is 0.0965. The van der Waals surface area contributed by atoms with Gasteiger partial charge in [0.25, 0.3) is 0 Å². The van der Waals surface area contributed by atoms with Gasteiger partial charge in [0.1, 0.15) is 6.33 Å². The molecule has 2 rings (SSSR count). The number of anilines is 2. The number of piperidine rings is 1. The summed E-state index contributed by atoms with van der Waals surface area (Å²) >= 11 is 0. The van der Waals surface area contributed by atoms with Crippen LogP contribution in [0.4, 0.5) is 17.3 Å². The van der Waals surface area contributed by atoms with Gasteiger partial charge in [-0.25, -0.2) is 9.97 Å². The van der Waals surface area contributed by atoms with E-state index in [0.29, 0.717) is 38.3 Å². The molecule has 0 unspecified atom stereocenters. The number of rotatable bonds is 4. The molecule has 8 nitrogen and oxygen atoms in total. The van der Waals surface area contributed by atoms with Gasteiger partial charge in [0.05, 0.1) is 11.0 Å². The summed E-state index contributed by atoms with van der Waals surface area (Å²) in [5.74, 6) is 0.562. The number of nitro groups is 1. The molecule has 1 fully saturated rings. The second kappa shape index (κ2) is 5.79. The van der Waals surface area contributed by atoms with Crippen LogP contribution < -0.4 is 10.2 Å². The van der Waals surface area contributed by atoms with Gasteiger partial charge >= 0.3 is 5.69 Å². The molecular weight excluding hydrogens is 250 g/mol. The number of nitrogens with one attached hydrogen (secondary N) is 1. The summed E-state index contributed by atoms with van der Waals surface area (Å²) in [5, 5.41) is 23.6. The molecule has 0 bridgehead atoms. The smallest absolute Gasteiger partial charge is 0.353 e. The van der Waals surface area contributed by atoms with Crippen LogP contribution in [-0.4, -0.2) is 45.7 Å². The van der Waals surface area contributed by atoms with Gasteiger partial charge in [0.15, 0.2) is 0 Å². The molecule has 1 aromatic rings. The second-order valence-electron chi connectivity index (χ2n) is 4.40. The first kappa shape index (κ1) is 13.5. The van der Waals surface area contributed by atoms with Gasteiger partial charge in [-0.05, 0) is 19.8 Å². The maximum absolute atomic E-state index is 11.2. The fraction of sp³-hybridized carbons (Fsp3) is 0.636. The first-order valence-corrected chi connectivity index (χ1v) is 6.29. The Bertz CT molecular complexity index is 460. The quantitative estimate of drug-likeness (QED) is 0.613. The van der Waals surface area contributed by atoms with Crippen LogP contribution in [0.5, 0.6) is 0 Å². The first-order chi connectivity index (χ1) is 9.13. The van der Waals surface area contributed by atoms with E-state index >= 15 is 0 Å². The van der Waals surface area contributed by atoms with E-state index in [1.54, 1.807) is 0 Å². The van der Waals surface area contributed by atoms with E-state index < -0.39 is 4.92 Å². The predicted octanol–water partition coefficient (Wildman–Crippen LogP) is 0.778. The Morgan fingerprint density at radius 1 is 1.53 bits per heavy atom. The summed E-state index contributed by atoms with van der Waals surface area (Å²) in [4.78, 5) is 20.6. The van der Waals surface area contributed by atoms with Crippen LogP contribution in [0.2, 0.25) is 0 Å². The SMILES string of the molecule is CCNc1ncnc(N2CCC(O)CC2)c1[N+](=O)[O-]. The molecule has 0 spiro atoms. The van der Waals surface area contributed by atoms with Gasteiger partial charge in [-0.15, -0.1) is 0 Å². The van der Waals surface area contributed by atoms with Crippen LogP contribution in [0.25, 0.3) is 0 Å². The van der Waals surface area contributed by atoms with Crippen molar-refractivity contribution in [1.29, 1.82) is 0 Å². The van der Waals surface area contributed by atoms with Crippen LogP contribution >= 0.6 is 0 Å². The Balaban J connectivity index is 2.33. The average Bonchev–Trinajstić information content (AvgIpc) is 2.39. The van der Waals surface area contributed by atoms with E-state index in [4.69, 9.17) is 0 Å². The molecule has 0 atom stereocenters. The molecule has 1 aromatic heterocycles. The fourth-order valence-electron chi connectivity index (χ4n) is 2.14. The normalized spacial score (nSPS) is 16.4. The fourth-order valence-corrected chi connectivity index (χ4v) is 2.14. The monoisotopic (exact) mass is 267 g/mol. The molecule has 0 saturated carbocycles. The highest BCUT2D eigenvalue weighted by Crippen LogP contribution is 2.32. The molecule has 0 radical (unpaired) electrons. The second-order valence-corrected chi connectivity index (χ2v) is 4.40. The zero-order valence-corrected chi connectivity index (χ0v) is 10.7. The van der Waals surface area contributed by atoms with E-state index in [2.05, 4.69) is 15.3 Å². The molecule has 1 aliphatic heterocycles. The van der Waals surface area contributed by atoms with Crippen molar-refractivity contribution in [3.05, 3.63) is 16.4 Å². The zero-order chi connectivity index (χ0) is 13.8. The zero-order valence-electron chi connectivity index (χ0n) is 10.7. The van der Waals surface area contributed by atoms with Crippen LogP contribution in [-0.2, 0) is 0 Å². The molecule has 2 heterocycles. The molecule has 0 aromatic carbocycles. The van der Waals surface area contributed by atoms with Gasteiger partial charge in [-0.3, -0.25) is 10.1 Å². The molecule has 104 valence electrons. The summed E-state index contributed by atoms with van der Waals surface area (Å²) < 4.78 is 0. The standard InChI is InChI=1S/C11H17N5O3/c1-2-12-10-9(16(18)19)11(14-7-13-10)15-5-3-8(17)4-6-15/h7-8,17H,2-6H2,1H3,(H,12,13,14). The highest BCUT2D eigenvalue weighted by molar-refractivity contribution is 5.70. The largest absolute Gasteiger partial charge is 0.393 e. The van der Waals surface area contributed by atoms with Gasteiger partial charge in [0.2, 0.25) is 11.6 Å². The molecule has 2 N–H and O–H groups in total. The van der Waals surface area contributed by atoms with Crippen molar-refractivity contribution in [2.75, 3.05) is 29.9 Å².